The number of rotatable bonds is 6. The van der Waals surface area contributed by atoms with Crippen molar-refractivity contribution in [3.8, 4) is 0 Å². The van der Waals surface area contributed by atoms with Gasteiger partial charge in [-0.15, -0.1) is 0 Å². The normalized spacial score (nSPS) is 11.2. The van der Waals surface area contributed by atoms with E-state index in [1.165, 1.54) is 18.3 Å². The van der Waals surface area contributed by atoms with Crippen LogP contribution in [-0.2, 0) is 23.9 Å². The third kappa shape index (κ3) is 4.95. The van der Waals surface area contributed by atoms with Crippen molar-refractivity contribution in [3.05, 3.63) is 65.2 Å². The molecule has 0 fully saturated rings. The average Bonchev–Trinajstić information content (AvgIpc) is 2.58. The molecule has 0 atom stereocenters. The summed E-state index contributed by atoms with van der Waals surface area (Å²) in [7, 11) is 0. The van der Waals surface area contributed by atoms with Crippen LogP contribution in [0, 0.1) is 6.42 Å². The number of aromatic nitrogens is 1. The second-order valence-corrected chi connectivity index (χ2v) is 5.42. The van der Waals surface area contributed by atoms with E-state index in [9.17, 15) is 22.8 Å². The maximum atomic E-state index is 13.3. The highest BCUT2D eigenvalue weighted by molar-refractivity contribution is 5.95. The van der Waals surface area contributed by atoms with Gasteiger partial charge in [0.15, 0.2) is 0 Å². The predicted octanol–water partition coefficient (Wildman–Crippen LogP) is 1.84. The van der Waals surface area contributed by atoms with E-state index in [2.05, 4.69) is 10.3 Å². The highest BCUT2D eigenvalue weighted by Gasteiger charge is 2.37. The Morgan fingerprint density at radius 3 is 2.50 bits per heavy atom. The Balaban J connectivity index is 2.04. The Kier molecular flexibility index (Phi) is 5.81. The van der Waals surface area contributed by atoms with Gasteiger partial charge in [0.1, 0.15) is 5.82 Å². The van der Waals surface area contributed by atoms with Gasteiger partial charge < -0.3 is 16.8 Å². The zero-order valence-corrected chi connectivity index (χ0v) is 13.5. The minimum absolute atomic E-state index is 0.149. The van der Waals surface area contributed by atoms with Crippen molar-refractivity contribution >= 4 is 17.6 Å². The van der Waals surface area contributed by atoms with Gasteiger partial charge in [-0.05, 0) is 29.7 Å². The molecular weight excluding hydrogens is 349 g/mol. The van der Waals surface area contributed by atoms with E-state index in [-0.39, 0.29) is 18.5 Å². The lowest BCUT2D eigenvalue weighted by Crippen LogP contribution is -2.25. The van der Waals surface area contributed by atoms with E-state index >= 15 is 0 Å². The number of hydrogen-bond donors (Lipinski definition) is 3. The Bertz CT molecular complexity index is 805. The van der Waals surface area contributed by atoms with Crippen LogP contribution in [0.1, 0.15) is 27.0 Å². The number of nitrogens with zero attached hydrogens (tertiary/aromatic N) is 1. The molecule has 2 aromatic rings. The molecule has 5 N–H and O–H groups in total. The van der Waals surface area contributed by atoms with Crippen molar-refractivity contribution in [1.29, 1.82) is 0 Å². The van der Waals surface area contributed by atoms with E-state index in [1.807, 2.05) is 0 Å². The second-order valence-electron chi connectivity index (χ2n) is 5.42. The minimum Gasteiger partial charge on any atom is -0.384 e. The molecule has 0 spiro atoms. The van der Waals surface area contributed by atoms with Crippen LogP contribution in [0.3, 0.4) is 0 Å². The number of halogens is 3. The molecule has 2 amide bonds. The molecule has 6 nitrogen and oxygen atoms in total. The van der Waals surface area contributed by atoms with Crippen LogP contribution in [0.25, 0.3) is 0 Å². The first-order chi connectivity index (χ1) is 12.2. The topological polar surface area (TPSA) is 111 Å². The SMILES string of the molecule is NC(=O)c1cccc(C[CH]C(=O)NCc2ccc(N)nc2)c1C(F)(F)F. The van der Waals surface area contributed by atoms with Crippen LogP contribution in [-0.4, -0.2) is 16.8 Å². The van der Waals surface area contributed by atoms with Gasteiger partial charge in [0.25, 0.3) is 0 Å². The number of anilines is 1. The fourth-order valence-electron chi connectivity index (χ4n) is 2.31. The largest absolute Gasteiger partial charge is 0.417 e. The van der Waals surface area contributed by atoms with Gasteiger partial charge in [-0.3, -0.25) is 9.59 Å². The first kappa shape index (κ1) is 19.2. The second kappa shape index (κ2) is 7.85. The van der Waals surface area contributed by atoms with Crippen LogP contribution >= 0.6 is 0 Å². The summed E-state index contributed by atoms with van der Waals surface area (Å²) < 4.78 is 39.8. The van der Waals surface area contributed by atoms with Crippen molar-refractivity contribution < 1.29 is 22.8 Å². The van der Waals surface area contributed by atoms with E-state index in [0.717, 1.165) is 12.5 Å². The molecule has 0 aliphatic heterocycles. The third-order valence-corrected chi connectivity index (χ3v) is 3.52. The van der Waals surface area contributed by atoms with E-state index in [1.54, 1.807) is 12.1 Å². The Labute approximate surface area is 147 Å². The van der Waals surface area contributed by atoms with E-state index in [0.29, 0.717) is 11.4 Å². The molecule has 1 radical (unpaired) electrons. The molecule has 2 rings (SSSR count). The monoisotopic (exact) mass is 365 g/mol. The Morgan fingerprint density at radius 2 is 1.92 bits per heavy atom. The van der Waals surface area contributed by atoms with Crippen LogP contribution in [0.4, 0.5) is 19.0 Å². The molecule has 0 unspecified atom stereocenters. The highest BCUT2D eigenvalue weighted by atomic mass is 19.4. The maximum Gasteiger partial charge on any atom is 0.417 e. The molecule has 0 saturated carbocycles. The molecule has 0 saturated heterocycles. The van der Waals surface area contributed by atoms with E-state index < -0.39 is 29.1 Å². The number of nitrogen functional groups attached to an aromatic ring is 1. The van der Waals surface area contributed by atoms with Crippen molar-refractivity contribution in [1.82, 2.24) is 10.3 Å². The molecule has 137 valence electrons. The number of primary amides is 1. The summed E-state index contributed by atoms with van der Waals surface area (Å²) in [5, 5.41) is 2.54. The van der Waals surface area contributed by atoms with E-state index in [4.69, 9.17) is 11.5 Å². The molecule has 0 bridgehead atoms. The first-order valence-electron chi connectivity index (χ1n) is 7.49. The average molecular weight is 365 g/mol. The lowest BCUT2D eigenvalue weighted by Gasteiger charge is -2.15. The molecule has 0 aliphatic rings. The Hall–Kier alpha value is -3.10. The summed E-state index contributed by atoms with van der Waals surface area (Å²) >= 11 is 0. The van der Waals surface area contributed by atoms with Gasteiger partial charge in [-0.25, -0.2) is 4.98 Å². The number of nitrogens with one attached hydrogen (secondary N) is 1. The van der Waals surface area contributed by atoms with Gasteiger partial charge in [0, 0.05) is 12.7 Å². The summed E-state index contributed by atoms with van der Waals surface area (Å²) in [6, 6.07) is 6.72. The van der Waals surface area contributed by atoms with Crippen molar-refractivity contribution in [3.63, 3.8) is 0 Å². The number of benzene rings is 1. The molecule has 0 aliphatic carbocycles. The zero-order chi connectivity index (χ0) is 19.3. The van der Waals surface area contributed by atoms with Crippen LogP contribution < -0.4 is 16.8 Å². The number of alkyl halides is 3. The summed E-state index contributed by atoms with van der Waals surface area (Å²) in [5.74, 6) is -1.40. The van der Waals surface area contributed by atoms with Crippen molar-refractivity contribution in [2.24, 2.45) is 5.73 Å². The lowest BCUT2D eigenvalue weighted by atomic mass is 9.96. The van der Waals surface area contributed by atoms with Gasteiger partial charge in [0.05, 0.1) is 17.5 Å². The predicted molar refractivity (Wildman–Crippen MR) is 88.5 cm³/mol. The summed E-state index contributed by atoms with van der Waals surface area (Å²) in [6.45, 7) is 0.149. The summed E-state index contributed by atoms with van der Waals surface area (Å²) in [5.41, 5.74) is 9.19. The summed E-state index contributed by atoms with van der Waals surface area (Å²) in [4.78, 5) is 27.0. The quantitative estimate of drug-likeness (QED) is 0.725. The summed E-state index contributed by atoms with van der Waals surface area (Å²) in [6.07, 6.45) is -2.52. The van der Waals surface area contributed by atoms with Gasteiger partial charge >= 0.3 is 6.18 Å². The maximum absolute atomic E-state index is 13.3. The van der Waals surface area contributed by atoms with Crippen LogP contribution in [0.15, 0.2) is 36.5 Å². The minimum atomic E-state index is -4.76. The molecule has 1 heterocycles. The van der Waals surface area contributed by atoms with Crippen LogP contribution in [0.5, 0.6) is 0 Å². The smallest absolute Gasteiger partial charge is 0.384 e. The zero-order valence-electron chi connectivity index (χ0n) is 13.5. The number of amides is 2. The molecule has 1 aromatic heterocycles. The van der Waals surface area contributed by atoms with Crippen molar-refractivity contribution in [2.75, 3.05) is 5.73 Å². The molecular formula is C17H16F3N4O2. The number of nitrogens with two attached hydrogens (primary N) is 2. The number of hydrogen-bond acceptors (Lipinski definition) is 4. The lowest BCUT2D eigenvalue weighted by molar-refractivity contribution is -0.138. The Morgan fingerprint density at radius 1 is 1.19 bits per heavy atom. The molecule has 1 aromatic carbocycles. The van der Waals surface area contributed by atoms with Gasteiger partial charge in [-0.1, -0.05) is 18.2 Å². The number of carbonyl (C=O) groups is 2. The number of carbonyl (C=O) groups excluding carboxylic acids is 2. The standard InChI is InChI=1S/C17H16F3N4O2/c18-17(19,20)15-11(2-1-3-12(15)16(22)26)5-7-14(25)24-9-10-4-6-13(21)23-8-10/h1-4,6-8H,5,9H2,(H2,21,23)(H2,22,26)(H,24,25). The molecule has 9 heteroatoms. The third-order valence-electron chi connectivity index (χ3n) is 3.52. The van der Waals surface area contributed by atoms with Gasteiger partial charge in [0.2, 0.25) is 11.8 Å². The highest BCUT2D eigenvalue weighted by Crippen LogP contribution is 2.35. The number of pyridine rings is 1. The fraction of sp³-hybridized carbons (Fsp3) is 0.176. The fourth-order valence-corrected chi connectivity index (χ4v) is 2.31. The van der Waals surface area contributed by atoms with Crippen LogP contribution in [0.2, 0.25) is 0 Å². The first-order valence-corrected chi connectivity index (χ1v) is 7.49. The van der Waals surface area contributed by atoms with Crippen molar-refractivity contribution in [2.45, 2.75) is 19.1 Å². The molecule has 26 heavy (non-hydrogen) atoms. The van der Waals surface area contributed by atoms with Gasteiger partial charge in [-0.2, -0.15) is 13.2 Å².